The number of hydrogen-bond donors (Lipinski definition) is 0. The van der Waals surface area contributed by atoms with Crippen LogP contribution >= 0.6 is 46.1 Å². The maximum atomic E-state index is 6.30. The largest absolute Gasteiger partial charge is 0.152 e. The van der Waals surface area contributed by atoms with Gasteiger partial charge in [0.1, 0.15) is 0 Å². The van der Waals surface area contributed by atoms with E-state index in [0.29, 0.717) is 10.0 Å². The predicted molar refractivity (Wildman–Crippen MR) is 68.5 cm³/mol. The summed E-state index contributed by atoms with van der Waals surface area (Å²) in [7, 11) is 0. The van der Waals surface area contributed by atoms with Gasteiger partial charge in [-0.3, -0.25) is 0 Å². The molecule has 1 unspecified atom stereocenters. The van der Waals surface area contributed by atoms with Crippen LogP contribution in [-0.4, -0.2) is 0 Å². The van der Waals surface area contributed by atoms with Crippen molar-refractivity contribution < 1.29 is 0 Å². The van der Waals surface area contributed by atoms with E-state index < -0.39 is 0 Å². The second kappa shape index (κ2) is 4.75. The lowest BCUT2D eigenvalue weighted by atomic mass is 10.1. The first-order valence-corrected chi connectivity index (χ1v) is 6.43. The molecule has 0 nitrogen and oxygen atoms in total. The predicted octanol–water partition coefficient (Wildman–Crippen LogP) is 5.38. The van der Waals surface area contributed by atoms with Gasteiger partial charge in [0.05, 0.1) is 15.4 Å². The molecule has 1 atom stereocenters. The van der Waals surface area contributed by atoms with Gasteiger partial charge in [0.25, 0.3) is 0 Å². The summed E-state index contributed by atoms with van der Waals surface area (Å²) < 4.78 is 0. The van der Waals surface area contributed by atoms with Crippen LogP contribution in [0, 0.1) is 0 Å². The van der Waals surface area contributed by atoms with E-state index in [1.54, 1.807) is 23.5 Å². The minimum atomic E-state index is -0.161. The first-order valence-electron chi connectivity index (χ1n) is 4.29. The fraction of sp³-hybridized carbons (Fsp3) is 0.0909. The molecule has 0 saturated heterocycles. The highest BCUT2D eigenvalue weighted by molar-refractivity contribution is 7.08. The molecule has 15 heavy (non-hydrogen) atoms. The zero-order valence-electron chi connectivity index (χ0n) is 7.58. The molecule has 0 fully saturated rings. The molecule has 1 aromatic carbocycles. The van der Waals surface area contributed by atoms with Gasteiger partial charge < -0.3 is 0 Å². The van der Waals surface area contributed by atoms with Crippen LogP contribution in [0.1, 0.15) is 16.5 Å². The third-order valence-electron chi connectivity index (χ3n) is 2.07. The lowest BCUT2D eigenvalue weighted by Gasteiger charge is -2.08. The Morgan fingerprint density at radius 3 is 2.40 bits per heavy atom. The fourth-order valence-electron chi connectivity index (χ4n) is 1.28. The van der Waals surface area contributed by atoms with Gasteiger partial charge in [-0.05, 0) is 40.1 Å². The Hall–Kier alpha value is -0.210. The standard InChI is InChI=1S/C11H7Cl3S/c12-9-2-1-7(5-10(9)13)11(14)8-3-4-15-6-8/h1-6,11H. The van der Waals surface area contributed by atoms with Crippen LogP contribution in [-0.2, 0) is 0 Å². The van der Waals surface area contributed by atoms with Gasteiger partial charge in [0.2, 0.25) is 0 Å². The Balaban J connectivity index is 2.34. The maximum absolute atomic E-state index is 6.30. The molecule has 0 bridgehead atoms. The van der Waals surface area contributed by atoms with Crippen molar-refractivity contribution in [1.29, 1.82) is 0 Å². The van der Waals surface area contributed by atoms with Gasteiger partial charge in [-0.15, -0.1) is 11.6 Å². The topological polar surface area (TPSA) is 0 Å². The molecule has 0 saturated carbocycles. The molecule has 78 valence electrons. The van der Waals surface area contributed by atoms with Crippen LogP contribution in [0.25, 0.3) is 0 Å². The third kappa shape index (κ3) is 2.48. The molecule has 2 aromatic rings. The summed E-state index contributed by atoms with van der Waals surface area (Å²) in [4.78, 5) is 0. The smallest absolute Gasteiger partial charge is 0.0843 e. The van der Waals surface area contributed by atoms with Gasteiger partial charge in [-0.1, -0.05) is 29.3 Å². The molecule has 0 aliphatic heterocycles. The van der Waals surface area contributed by atoms with E-state index >= 15 is 0 Å². The average Bonchev–Trinajstić information content (AvgIpc) is 2.74. The van der Waals surface area contributed by atoms with E-state index in [9.17, 15) is 0 Å². The molecule has 2 rings (SSSR count). The third-order valence-corrected chi connectivity index (χ3v) is 4.02. The van der Waals surface area contributed by atoms with Crippen LogP contribution in [0.4, 0.5) is 0 Å². The molecule has 0 aliphatic carbocycles. The second-order valence-electron chi connectivity index (χ2n) is 3.09. The van der Waals surface area contributed by atoms with Crippen LogP contribution < -0.4 is 0 Å². The van der Waals surface area contributed by atoms with Crippen molar-refractivity contribution in [3.63, 3.8) is 0 Å². The van der Waals surface area contributed by atoms with Crippen LogP contribution in [0.5, 0.6) is 0 Å². The van der Waals surface area contributed by atoms with Gasteiger partial charge >= 0.3 is 0 Å². The first-order chi connectivity index (χ1) is 7.18. The van der Waals surface area contributed by atoms with Crippen molar-refractivity contribution >= 4 is 46.1 Å². The lowest BCUT2D eigenvalue weighted by molar-refractivity contribution is 1.16. The fourth-order valence-corrected chi connectivity index (χ4v) is 2.62. The highest BCUT2D eigenvalue weighted by Gasteiger charge is 2.12. The van der Waals surface area contributed by atoms with Crippen LogP contribution in [0.3, 0.4) is 0 Å². The minimum Gasteiger partial charge on any atom is -0.152 e. The molecule has 0 radical (unpaired) electrons. The summed E-state index contributed by atoms with van der Waals surface area (Å²) >= 11 is 19.7. The molecule has 1 aromatic heterocycles. The molecular formula is C11H7Cl3S. The number of benzene rings is 1. The number of thiophene rings is 1. The van der Waals surface area contributed by atoms with Crippen molar-refractivity contribution in [2.45, 2.75) is 5.38 Å². The van der Waals surface area contributed by atoms with Gasteiger partial charge in [-0.2, -0.15) is 11.3 Å². The van der Waals surface area contributed by atoms with Crippen LogP contribution in [0.2, 0.25) is 10.0 Å². The van der Waals surface area contributed by atoms with Crippen molar-refractivity contribution in [2.24, 2.45) is 0 Å². The van der Waals surface area contributed by atoms with E-state index in [4.69, 9.17) is 34.8 Å². The second-order valence-corrected chi connectivity index (χ2v) is 5.12. The molecule has 4 heteroatoms. The van der Waals surface area contributed by atoms with E-state index in [1.807, 2.05) is 22.9 Å². The first kappa shape index (κ1) is 11.3. The quantitative estimate of drug-likeness (QED) is 0.646. The van der Waals surface area contributed by atoms with Crippen LogP contribution in [0.15, 0.2) is 35.0 Å². The number of halogens is 3. The average molecular weight is 278 g/mol. The maximum Gasteiger partial charge on any atom is 0.0843 e. The van der Waals surface area contributed by atoms with Gasteiger partial charge in [0, 0.05) is 0 Å². The Labute approximate surface area is 107 Å². The Bertz CT molecular complexity index is 451. The molecule has 0 amide bonds. The molecule has 0 aliphatic rings. The zero-order chi connectivity index (χ0) is 10.8. The number of rotatable bonds is 2. The van der Waals surface area contributed by atoms with Gasteiger partial charge in [0.15, 0.2) is 0 Å². The normalized spacial score (nSPS) is 12.7. The molecule has 0 spiro atoms. The lowest BCUT2D eigenvalue weighted by Crippen LogP contribution is -1.90. The summed E-state index contributed by atoms with van der Waals surface area (Å²) in [6, 6.07) is 7.47. The Kier molecular flexibility index (Phi) is 3.57. The highest BCUT2D eigenvalue weighted by atomic mass is 35.5. The minimum absolute atomic E-state index is 0.161. The Morgan fingerprint density at radius 1 is 1.00 bits per heavy atom. The van der Waals surface area contributed by atoms with Crippen molar-refractivity contribution in [1.82, 2.24) is 0 Å². The number of alkyl halides is 1. The van der Waals surface area contributed by atoms with Gasteiger partial charge in [-0.25, -0.2) is 0 Å². The van der Waals surface area contributed by atoms with E-state index in [2.05, 4.69) is 0 Å². The number of hydrogen-bond acceptors (Lipinski definition) is 1. The van der Waals surface area contributed by atoms with Crippen molar-refractivity contribution in [2.75, 3.05) is 0 Å². The summed E-state index contributed by atoms with van der Waals surface area (Å²) in [6.07, 6.45) is 0. The summed E-state index contributed by atoms with van der Waals surface area (Å²) in [6.45, 7) is 0. The van der Waals surface area contributed by atoms with Crippen molar-refractivity contribution in [3.8, 4) is 0 Å². The molecular weight excluding hydrogens is 271 g/mol. The van der Waals surface area contributed by atoms with E-state index in [-0.39, 0.29) is 5.38 Å². The SMILES string of the molecule is Clc1ccc(C(Cl)c2ccsc2)cc1Cl. The van der Waals surface area contributed by atoms with E-state index in [0.717, 1.165) is 11.1 Å². The molecule has 0 N–H and O–H groups in total. The summed E-state index contributed by atoms with van der Waals surface area (Å²) in [5, 5.41) is 4.96. The monoisotopic (exact) mass is 276 g/mol. The summed E-state index contributed by atoms with van der Waals surface area (Å²) in [5.41, 5.74) is 2.05. The Morgan fingerprint density at radius 2 is 1.80 bits per heavy atom. The van der Waals surface area contributed by atoms with E-state index in [1.165, 1.54) is 0 Å². The highest BCUT2D eigenvalue weighted by Crippen LogP contribution is 2.33. The summed E-state index contributed by atoms with van der Waals surface area (Å²) in [5.74, 6) is 0. The van der Waals surface area contributed by atoms with Crippen molar-refractivity contribution in [3.05, 3.63) is 56.2 Å². The molecule has 1 heterocycles. The zero-order valence-corrected chi connectivity index (χ0v) is 10.7.